The lowest BCUT2D eigenvalue weighted by Crippen LogP contribution is -2.41. The van der Waals surface area contributed by atoms with Gasteiger partial charge in [0.05, 0.1) is 34.9 Å². The van der Waals surface area contributed by atoms with Gasteiger partial charge in [0.25, 0.3) is 11.5 Å². The second-order valence-corrected chi connectivity index (χ2v) is 18.4. The quantitative estimate of drug-likeness (QED) is 0.0865. The number of fused-ring (bicyclic) bond motifs is 6. The molecule has 15 heteroatoms. The van der Waals surface area contributed by atoms with E-state index in [1.54, 1.807) is 23.7 Å². The molecule has 0 saturated carbocycles. The van der Waals surface area contributed by atoms with Gasteiger partial charge in [-0.25, -0.2) is 9.59 Å². The van der Waals surface area contributed by atoms with Crippen LogP contribution in [0.5, 0.6) is 5.75 Å². The van der Waals surface area contributed by atoms with Gasteiger partial charge in [0.15, 0.2) is 5.58 Å². The highest BCUT2D eigenvalue weighted by molar-refractivity contribution is 5.97. The first kappa shape index (κ1) is 51.4. The van der Waals surface area contributed by atoms with Crippen LogP contribution in [0.2, 0.25) is 0 Å². The van der Waals surface area contributed by atoms with Gasteiger partial charge in [-0.1, -0.05) is 77.9 Å². The number of aromatic nitrogens is 3. The van der Waals surface area contributed by atoms with Crippen LogP contribution in [0.1, 0.15) is 71.6 Å². The van der Waals surface area contributed by atoms with E-state index >= 15 is 0 Å². The number of hydrogen-bond acceptors (Lipinski definition) is 8. The molecule has 0 bridgehead atoms. The average molecular weight is 972 g/mol. The second kappa shape index (κ2) is 22.5. The average Bonchev–Trinajstić information content (AvgIpc) is 3.97. The van der Waals surface area contributed by atoms with E-state index in [0.29, 0.717) is 31.5 Å². The zero-order valence-electron chi connectivity index (χ0n) is 42.2. The molecule has 2 aromatic heterocycles. The summed E-state index contributed by atoms with van der Waals surface area (Å²) in [6.45, 7) is 14.2. The van der Waals surface area contributed by atoms with Gasteiger partial charge in [0.2, 0.25) is 5.91 Å². The number of amides is 4. The first-order chi connectivity index (χ1) is 34.3. The molecule has 0 radical (unpaired) electrons. The van der Waals surface area contributed by atoms with Crippen LogP contribution in [0.4, 0.5) is 10.5 Å². The maximum absolute atomic E-state index is 11.3. The van der Waals surface area contributed by atoms with E-state index in [2.05, 4.69) is 58.3 Å². The molecule has 12 rings (SSSR count). The Morgan fingerprint density at radius 2 is 1.11 bits per heavy atom. The van der Waals surface area contributed by atoms with Gasteiger partial charge < -0.3 is 25.1 Å². The van der Waals surface area contributed by atoms with Gasteiger partial charge in [0.1, 0.15) is 5.75 Å². The van der Waals surface area contributed by atoms with Gasteiger partial charge in [-0.2, -0.15) is 0 Å². The summed E-state index contributed by atoms with van der Waals surface area (Å²) in [7, 11) is 5.32. The number of esters is 1. The highest BCUT2D eigenvalue weighted by atomic mass is 16.5. The Kier molecular flexibility index (Phi) is 16.1. The van der Waals surface area contributed by atoms with Crippen molar-refractivity contribution in [2.24, 2.45) is 14.1 Å². The Labute approximate surface area is 417 Å². The Balaban J connectivity index is 0.000000127. The number of nitrogens with zero attached hydrogens (tertiary/aromatic N) is 3. The van der Waals surface area contributed by atoms with Gasteiger partial charge in [0, 0.05) is 51.9 Å². The van der Waals surface area contributed by atoms with Crippen molar-refractivity contribution in [1.29, 1.82) is 0 Å². The summed E-state index contributed by atoms with van der Waals surface area (Å²) in [5.41, 5.74) is 17.1. The Bertz CT molecular complexity index is 3460. The van der Waals surface area contributed by atoms with Gasteiger partial charge in [-0.05, 0) is 135 Å². The molecule has 0 unspecified atom stereocenters. The normalized spacial score (nSPS) is 13.7. The number of ether oxygens (including phenoxy) is 1. The van der Waals surface area contributed by atoms with Gasteiger partial charge >= 0.3 is 17.8 Å². The van der Waals surface area contributed by atoms with E-state index < -0.39 is 0 Å². The number of carbonyl (C=O) groups excluding carboxylic acids is 4. The van der Waals surface area contributed by atoms with Crippen molar-refractivity contribution < 1.29 is 28.3 Å². The van der Waals surface area contributed by atoms with Crippen LogP contribution in [-0.4, -0.2) is 51.8 Å². The first-order valence-electron chi connectivity index (χ1n) is 23.7. The molecule has 6 heterocycles. The molecule has 372 valence electrons. The Morgan fingerprint density at radius 1 is 0.528 bits per heavy atom. The molecule has 4 N–H and O–H groups in total. The monoisotopic (exact) mass is 971 g/mol. The van der Waals surface area contributed by atoms with Crippen LogP contribution in [0.3, 0.4) is 0 Å². The molecule has 0 saturated heterocycles. The minimum Gasteiger partial charge on any atom is -0.426 e. The first-order valence-corrected chi connectivity index (χ1v) is 23.7. The van der Waals surface area contributed by atoms with E-state index in [1.165, 1.54) is 37.9 Å². The minimum absolute atomic E-state index is 0.0208. The summed E-state index contributed by atoms with van der Waals surface area (Å²) in [5.74, 6) is 0.475. The molecule has 6 aromatic carbocycles. The summed E-state index contributed by atoms with van der Waals surface area (Å²) in [4.78, 5) is 68.3. The maximum Gasteiger partial charge on any atom is 0.419 e. The predicted octanol–water partition coefficient (Wildman–Crippen LogP) is 8.17. The summed E-state index contributed by atoms with van der Waals surface area (Å²) in [6.07, 6.45) is 1.92. The van der Waals surface area contributed by atoms with E-state index in [0.717, 1.165) is 74.2 Å². The lowest BCUT2D eigenvalue weighted by molar-refractivity contribution is -0.131. The largest absolute Gasteiger partial charge is 0.426 e. The number of nitrogens with one attached hydrogen (secondary N) is 4. The van der Waals surface area contributed by atoms with Gasteiger partial charge in [-0.3, -0.25) is 38.4 Å². The molecule has 0 fully saturated rings. The van der Waals surface area contributed by atoms with Crippen molar-refractivity contribution >= 4 is 51.5 Å². The Morgan fingerprint density at radius 3 is 1.85 bits per heavy atom. The van der Waals surface area contributed by atoms with Crippen LogP contribution in [0.25, 0.3) is 22.0 Å². The summed E-state index contributed by atoms with van der Waals surface area (Å²) in [6, 6.07) is 35.7. The predicted molar refractivity (Wildman–Crippen MR) is 281 cm³/mol. The minimum atomic E-state index is -0.310. The number of aromatic amines is 1. The number of benzene rings is 6. The van der Waals surface area contributed by atoms with E-state index in [4.69, 9.17) is 9.15 Å². The lowest BCUT2D eigenvalue weighted by atomic mass is 9.98. The highest BCUT2D eigenvalue weighted by Crippen LogP contribution is 2.27. The molecule has 8 aromatic rings. The summed E-state index contributed by atoms with van der Waals surface area (Å²) in [5, 5.41) is 11.9. The zero-order chi connectivity index (χ0) is 51.8. The molecule has 0 aliphatic carbocycles. The summed E-state index contributed by atoms with van der Waals surface area (Å²) >= 11 is 0. The molecular formula is C57H61N7O8. The molecule has 0 atom stereocenters. The van der Waals surface area contributed by atoms with Crippen LogP contribution in [0.15, 0.2) is 123 Å². The maximum atomic E-state index is 11.3. The standard InChI is InChI=1S/C10H12N2O.2C10H11NO.C9H10N2O.C9H9NO2.C9H8O2/c1-7-3-4-8-6-11-10(13)12(2)9(8)5-7;1-7-2-3-8-5-10(12)11-6-9(8)4-7;1-7-2-3-8-4-5-11-10(12)9(8)6-7;1-6-3-4-7-8(5-6)11(2)10-9(7)12;1-6-3-4-8-7(5-6)10(2)9(11)12-8;1-6-2-3-7-5-9(10)11-8(7)4-6/h3-5H,6H2,1-2H3,(H,11,13);2-4H,5-6H2,1H3,(H,11,12);2-3,6H,4-5H2,1H3,(H,11,12);3-5H,1-2H3,(H,10,12);3-5H,1-2H3;2-4H,5H2,1H3. The lowest BCUT2D eigenvalue weighted by Gasteiger charge is -2.26. The van der Waals surface area contributed by atoms with Crippen LogP contribution >= 0.6 is 0 Å². The molecular weight excluding hydrogens is 911 g/mol. The number of hydrogen-bond donors (Lipinski definition) is 4. The number of H-pyrrole nitrogens is 1. The SMILES string of the molecule is Cc1ccc2c(=O)[nH]n(C)c2c1.Cc1ccc2c(c1)C(=O)NCC2.Cc1ccc2c(c1)CNC(=O)C2.Cc1ccc2c(c1)N(C)C(=O)NC2.Cc1ccc2c(c1)OC(=O)C2.Cc1ccc2oc(=O)n(C)c2c1. The third-order valence-corrected chi connectivity index (χ3v) is 12.5. The molecule has 15 nitrogen and oxygen atoms in total. The fourth-order valence-electron chi connectivity index (χ4n) is 8.42. The topological polar surface area (TPSA) is 190 Å². The second-order valence-electron chi connectivity index (χ2n) is 18.4. The summed E-state index contributed by atoms with van der Waals surface area (Å²) < 4.78 is 13.2. The third-order valence-electron chi connectivity index (χ3n) is 12.5. The van der Waals surface area contributed by atoms with E-state index in [1.807, 2.05) is 121 Å². The molecule has 4 amide bonds. The number of carbonyl (C=O) groups is 4. The molecule has 0 spiro atoms. The van der Waals surface area contributed by atoms with Crippen molar-refractivity contribution in [2.75, 3.05) is 18.5 Å². The third kappa shape index (κ3) is 12.6. The van der Waals surface area contributed by atoms with Crippen molar-refractivity contribution in [2.45, 2.75) is 73.9 Å². The van der Waals surface area contributed by atoms with Crippen LogP contribution in [-0.2, 0) is 56.0 Å². The van der Waals surface area contributed by atoms with Crippen molar-refractivity contribution in [3.8, 4) is 5.75 Å². The van der Waals surface area contributed by atoms with Crippen molar-refractivity contribution in [3.05, 3.63) is 197 Å². The smallest absolute Gasteiger partial charge is 0.419 e. The number of rotatable bonds is 0. The molecule has 4 aliphatic rings. The van der Waals surface area contributed by atoms with Crippen LogP contribution < -0.4 is 36.9 Å². The van der Waals surface area contributed by atoms with Crippen LogP contribution in [0, 0.1) is 41.5 Å². The van der Waals surface area contributed by atoms with Gasteiger partial charge in [-0.15, -0.1) is 0 Å². The molecule has 72 heavy (non-hydrogen) atoms. The Hall–Kier alpha value is -8.46. The zero-order valence-corrected chi connectivity index (χ0v) is 42.2. The van der Waals surface area contributed by atoms with E-state index in [9.17, 15) is 28.8 Å². The number of urea groups is 1. The van der Waals surface area contributed by atoms with Crippen molar-refractivity contribution in [1.82, 2.24) is 30.3 Å². The molecule has 4 aliphatic heterocycles. The van der Waals surface area contributed by atoms with Crippen molar-refractivity contribution in [3.63, 3.8) is 0 Å². The van der Waals surface area contributed by atoms with E-state index in [-0.39, 0.29) is 35.1 Å². The number of anilines is 1. The highest BCUT2D eigenvalue weighted by Gasteiger charge is 2.21. The number of oxazole rings is 1. The fraction of sp³-hybridized carbons (Fsp3) is 0.263. The number of aryl methyl sites for hydroxylation is 8. The fourth-order valence-corrected chi connectivity index (χ4v) is 8.42.